The van der Waals surface area contributed by atoms with Crippen LogP contribution in [0.3, 0.4) is 0 Å². The number of hydrogen-bond donors (Lipinski definition) is 0. The predicted molar refractivity (Wildman–Crippen MR) is 48.8 cm³/mol. The Bertz CT molecular complexity index is 210. The highest BCUT2D eigenvalue weighted by atomic mass is 19.4. The minimum Gasteiger partial charge on any atom is -0.170 e. The lowest BCUT2D eigenvalue weighted by Crippen LogP contribution is -2.57. The van der Waals surface area contributed by atoms with E-state index in [-0.39, 0.29) is 6.42 Å². The van der Waals surface area contributed by atoms with Crippen LogP contribution in [0.25, 0.3) is 0 Å². The van der Waals surface area contributed by atoms with E-state index in [0.717, 1.165) is 20.8 Å². The molecule has 0 nitrogen and oxygen atoms in total. The summed E-state index contributed by atoms with van der Waals surface area (Å²) in [5.74, 6) is -3.03. The zero-order valence-corrected chi connectivity index (χ0v) is 9.63. The Hall–Kier alpha value is -0.420. The smallest absolute Gasteiger partial charge is 0.170 e. The largest absolute Gasteiger partial charge is 0.403 e. The summed E-state index contributed by atoms with van der Waals surface area (Å²) in [5.41, 5.74) is -3.62. The van der Waals surface area contributed by atoms with Crippen LogP contribution in [0.2, 0.25) is 0 Å². The molecule has 0 amide bonds. The summed E-state index contributed by atoms with van der Waals surface area (Å²) in [7, 11) is 0. The van der Waals surface area contributed by atoms with Crippen molar-refractivity contribution < 1.29 is 26.3 Å². The zero-order chi connectivity index (χ0) is 13.4. The second-order valence-corrected chi connectivity index (χ2v) is 4.33. The van der Waals surface area contributed by atoms with Gasteiger partial charge in [-0.2, -0.15) is 26.3 Å². The first-order chi connectivity index (χ1) is 6.92. The molecule has 0 rings (SSSR count). The normalized spacial score (nSPS) is 16.7. The van der Waals surface area contributed by atoms with Gasteiger partial charge in [0.15, 0.2) is 5.41 Å². The van der Waals surface area contributed by atoms with Gasteiger partial charge < -0.3 is 0 Å². The van der Waals surface area contributed by atoms with Crippen molar-refractivity contribution in [3.63, 3.8) is 0 Å². The van der Waals surface area contributed by atoms with Crippen molar-refractivity contribution in [1.29, 1.82) is 0 Å². The van der Waals surface area contributed by atoms with Crippen molar-refractivity contribution in [2.45, 2.75) is 46.5 Å². The van der Waals surface area contributed by atoms with Crippen LogP contribution in [0, 0.1) is 17.3 Å². The Kier molecular flexibility index (Phi) is 4.33. The minimum atomic E-state index is -5.28. The van der Waals surface area contributed by atoms with Crippen molar-refractivity contribution in [2.24, 2.45) is 17.3 Å². The molecule has 0 N–H and O–H groups in total. The standard InChI is InChI=1S/C10H16F6/c1-5-7(4)8(6(2)3,9(11,12)13)10(14,15)16/h6-7H,5H2,1-4H3. The summed E-state index contributed by atoms with van der Waals surface area (Å²) in [6, 6.07) is 0. The highest BCUT2D eigenvalue weighted by molar-refractivity contribution is 4.98. The molecule has 98 valence electrons. The lowest BCUT2D eigenvalue weighted by atomic mass is 9.66. The third-order valence-corrected chi connectivity index (χ3v) is 3.24. The van der Waals surface area contributed by atoms with Gasteiger partial charge in [-0.1, -0.05) is 34.1 Å². The van der Waals surface area contributed by atoms with E-state index in [2.05, 4.69) is 0 Å². The van der Waals surface area contributed by atoms with E-state index in [4.69, 9.17) is 0 Å². The minimum absolute atomic E-state index is 0.169. The molecule has 1 atom stereocenters. The van der Waals surface area contributed by atoms with Gasteiger partial charge >= 0.3 is 12.4 Å². The van der Waals surface area contributed by atoms with Crippen molar-refractivity contribution >= 4 is 0 Å². The van der Waals surface area contributed by atoms with Crippen LogP contribution in [0.1, 0.15) is 34.1 Å². The molecule has 0 aliphatic heterocycles. The second-order valence-electron chi connectivity index (χ2n) is 4.33. The maximum atomic E-state index is 12.8. The molecule has 0 aliphatic rings. The molecule has 16 heavy (non-hydrogen) atoms. The monoisotopic (exact) mass is 250 g/mol. The van der Waals surface area contributed by atoms with Gasteiger partial charge in [0.1, 0.15) is 0 Å². The molecule has 0 saturated carbocycles. The van der Waals surface area contributed by atoms with Crippen molar-refractivity contribution in [3.05, 3.63) is 0 Å². The molecule has 0 aromatic heterocycles. The predicted octanol–water partition coefficient (Wildman–Crippen LogP) is 4.80. The van der Waals surface area contributed by atoms with E-state index in [1.54, 1.807) is 0 Å². The molecule has 0 aliphatic carbocycles. The van der Waals surface area contributed by atoms with Gasteiger partial charge in [0.05, 0.1) is 0 Å². The SMILES string of the molecule is CCC(C)C(C(C)C)(C(F)(F)F)C(F)(F)F. The number of alkyl halides is 6. The van der Waals surface area contributed by atoms with Gasteiger partial charge in [-0.25, -0.2) is 0 Å². The fraction of sp³-hybridized carbons (Fsp3) is 1.00. The van der Waals surface area contributed by atoms with E-state index in [0.29, 0.717) is 0 Å². The summed E-state index contributed by atoms with van der Waals surface area (Å²) in [4.78, 5) is 0. The first-order valence-corrected chi connectivity index (χ1v) is 5.06. The Morgan fingerprint density at radius 3 is 1.19 bits per heavy atom. The van der Waals surface area contributed by atoms with Crippen LogP contribution in [0.15, 0.2) is 0 Å². The molecule has 0 spiro atoms. The Labute approximate surface area is 91.0 Å². The second kappa shape index (κ2) is 4.45. The van der Waals surface area contributed by atoms with Crippen LogP contribution in [0.4, 0.5) is 26.3 Å². The van der Waals surface area contributed by atoms with E-state index in [9.17, 15) is 26.3 Å². The summed E-state index contributed by atoms with van der Waals surface area (Å²) >= 11 is 0. The van der Waals surface area contributed by atoms with Gasteiger partial charge in [0, 0.05) is 0 Å². The summed E-state index contributed by atoms with van der Waals surface area (Å²) in [5, 5.41) is 0. The van der Waals surface area contributed by atoms with Crippen molar-refractivity contribution in [2.75, 3.05) is 0 Å². The third-order valence-electron chi connectivity index (χ3n) is 3.24. The Morgan fingerprint density at radius 2 is 1.12 bits per heavy atom. The van der Waals surface area contributed by atoms with Crippen LogP contribution >= 0.6 is 0 Å². The zero-order valence-electron chi connectivity index (χ0n) is 9.63. The highest BCUT2D eigenvalue weighted by Gasteiger charge is 2.73. The number of halogens is 6. The Balaban J connectivity index is 5.81. The third kappa shape index (κ3) is 2.15. The average Bonchev–Trinajstić information content (AvgIpc) is 1.98. The van der Waals surface area contributed by atoms with Gasteiger partial charge in [0.25, 0.3) is 0 Å². The molecule has 0 saturated heterocycles. The molecular formula is C10H16F6. The van der Waals surface area contributed by atoms with E-state index in [1.165, 1.54) is 6.92 Å². The molecule has 0 bridgehead atoms. The Morgan fingerprint density at radius 1 is 0.812 bits per heavy atom. The highest BCUT2D eigenvalue weighted by Crippen LogP contribution is 2.59. The number of rotatable bonds is 3. The molecule has 0 heterocycles. The average molecular weight is 250 g/mol. The summed E-state index contributed by atoms with van der Waals surface area (Å²) in [6.45, 7) is 4.26. The van der Waals surface area contributed by atoms with E-state index < -0.39 is 29.6 Å². The van der Waals surface area contributed by atoms with Gasteiger partial charge in [-0.15, -0.1) is 0 Å². The van der Waals surface area contributed by atoms with Crippen LogP contribution in [0.5, 0.6) is 0 Å². The first-order valence-electron chi connectivity index (χ1n) is 5.06. The summed E-state index contributed by atoms with van der Waals surface area (Å²) in [6.07, 6.45) is -10.7. The van der Waals surface area contributed by atoms with Crippen molar-refractivity contribution in [1.82, 2.24) is 0 Å². The molecule has 6 heteroatoms. The van der Waals surface area contributed by atoms with Crippen LogP contribution < -0.4 is 0 Å². The van der Waals surface area contributed by atoms with Crippen molar-refractivity contribution in [3.8, 4) is 0 Å². The fourth-order valence-corrected chi connectivity index (χ4v) is 2.27. The topological polar surface area (TPSA) is 0 Å². The first kappa shape index (κ1) is 15.6. The molecule has 0 aromatic carbocycles. The molecular weight excluding hydrogens is 234 g/mol. The van der Waals surface area contributed by atoms with Gasteiger partial charge in [-0.05, 0) is 11.8 Å². The lowest BCUT2D eigenvalue weighted by Gasteiger charge is -2.44. The van der Waals surface area contributed by atoms with E-state index in [1.807, 2.05) is 0 Å². The van der Waals surface area contributed by atoms with Crippen LogP contribution in [-0.2, 0) is 0 Å². The molecule has 0 aromatic rings. The van der Waals surface area contributed by atoms with Gasteiger partial charge in [0.2, 0.25) is 0 Å². The molecule has 0 fully saturated rings. The molecule has 1 unspecified atom stereocenters. The fourth-order valence-electron chi connectivity index (χ4n) is 2.27. The maximum absolute atomic E-state index is 12.8. The quantitative estimate of drug-likeness (QED) is 0.631. The number of hydrogen-bond acceptors (Lipinski definition) is 0. The van der Waals surface area contributed by atoms with Gasteiger partial charge in [-0.3, -0.25) is 0 Å². The maximum Gasteiger partial charge on any atom is 0.403 e. The summed E-state index contributed by atoms with van der Waals surface area (Å²) < 4.78 is 77.0. The molecule has 0 radical (unpaired) electrons. The van der Waals surface area contributed by atoms with Crippen LogP contribution in [-0.4, -0.2) is 12.4 Å². The lowest BCUT2D eigenvalue weighted by molar-refractivity contribution is -0.372. The van der Waals surface area contributed by atoms with E-state index >= 15 is 0 Å².